The predicted molar refractivity (Wildman–Crippen MR) is 96.6 cm³/mol. The highest BCUT2D eigenvalue weighted by molar-refractivity contribution is 5.76. The van der Waals surface area contributed by atoms with E-state index in [2.05, 4.69) is 74.0 Å². The summed E-state index contributed by atoms with van der Waals surface area (Å²) in [5.74, 6) is 1.11. The first-order valence-corrected chi connectivity index (χ1v) is 8.34. The van der Waals surface area contributed by atoms with E-state index in [-0.39, 0.29) is 6.04 Å². The van der Waals surface area contributed by atoms with E-state index < -0.39 is 0 Å². The van der Waals surface area contributed by atoms with Crippen molar-refractivity contribution in [3.63, 3.8) is 0 Å². The van der Waals surface area contributed by atoms with Gasteiger partial charge in [-0.05, 0) is 45.4 Å². The summed E-state index contributed by atoms with van der Waals surface area (Å²) in [6.45, 7) is 10.5. The van der Waals surface area contributed by atoms with Gasteiger partial charge < -0.3 is 9.88 Å². The minimum absolute atomic E-state index is 0.211. The molecule has 1 aromatic heterocycles. The van der Waals surface area contributed by atoms with E-state index in [0.29, 0.717) is 0 Å². The largest absolute Gasteiger partial charge is 0.327 e. The van der Waals surface area contributed by atoms with Gasteiger partial charge in [0.25, 0.3) is 0 Å². The van der Waals surface area contributed by atoms with Gasteiger partial charge >= 0.3 is 0 Å². The number of nitrogens with one attached hydrogen (secondary N) is 1. The van der Waals surface area contributed by atoms with E-state index >= 15 is 0 Å². The van der Waals surface area contributed by atoms with Crippen molar-refractivity contribution in [2.45, 2.75) is 46.8 Å². The quantitative estimate of drug-likeness (QED) is 0.751. The average Bonchev–Trinajstić information content (AvgIpc) is 2.90. The number of nitrogens with zero attached hydrogens (tertiary/aromatic N) is 2. The smallest absolute Gasteiger partial charge is 0.126 e. The maximum Gasteiger partial charge on any atom is 0.126 e. The van der Waals surface area contributed by atoms with Gasteiger partial charge in [-0.3, -0.25) is 0 Å². The zero-order valence-electron chi connectivity index (χ0n) is 14.4. The van der Waals surface area contributed by atoms with Crippen molar-refractivity contribution in [1.82, 2.24) is 14.9 Å². The molecule has 0 bridgehead atoms. The number of para-hydroxylation sites is 2. The molecule has 0 saturated heterocycles. The Bertz CT molecular complexity index is 797. The molecule has 0 radical (unpaired) electrons. The molecule has 0 aliphatic rings. The third kappa shape index (κ3) is 3.30. The SMILES string of the molecule is CCn1c(C(C)NCc2cc(C)cc(C)c2)nc2ccccc21. The molecule has 1 heterocycles. The Hall–Kier alpha value is -2.13. The van der Waals surface area contributed by atoms with Gasteiger partial charge in [0.2, 0.25) is 0 Å². The van der Waals surface area contributed by atoms with Crippen LogP contribution in [0.1, 0.15) is 42.4 Å². The van der Waals surface area contributed by atoms with E-state index in [1.807, 2.05) is 6.07 Å². The van der Waals surface area contributed by atoms with Gasteiger partial charge in [-0.1, -0.05) is 41.5 Å². The van der Waals surface area contributed by atoms with Crippen molar-refractivity contribution in [3.8, 4) is 0 Å². The normalized spacial score (nSPS) is 12.7. The number of aryl methyl sites for hydroxylation is 3. The molecule has 3 heteroatoms. The molecular weight excluding hydrogens is 282 g/mol. The van der Waals surface area contributed by atoms with Gasteiger partial charge in [-0.15, -0.1) is 0 Å². The topological polar surface area (TPSA) is 29.9 Å². The van der Waals surface area contributed by atoms with E-state index in [1.165, 1.54) is 22.2 Å². The summed E-state index contributed by atoms with van der Waals surface area (Å²) in [4.78, 5) is 4.83. The Morgan fingerprint density at radius 3 is 2.48 bits per heavy atom. The zero-order chi connectivity index (χ0) is 16.4. The van der Waals surface area contributed by atoms with Crippen LogP contribution in [0.4, 0.5) is 0 Å². The lowest BCUT2D eigenvalue weighted by atomic mass is 10.1. The number of hydrogen-bond acceptors (Lipinski definition) is 2. The minimum atomic E-state index is 0.211. The van der Waals surface area contributed by atoms with E-state index in [4.69, 9.17) is 4.98 Å². The van der Waals surface area contributed by atoms with Crippen LogP contribution in [0.3, 0.4) is 0 Å². The molecule has 2 aromatic carbocycles. The molecular formula is C20H25N3. The van der Waals surface area contributed by atoms with Gasteiger partial charge in [0.05, 0.1) is 17.1 Å². The second-order valence-electron chi connectivity index (χ2n) is 6.30. The Kier molecular flexibility index (Phi) is 4.49. The summed E-state index contributed by atoms with van der Waals surface area (Å²) in [6, 6.07) is 15.3. The summed E-state index contributed by atoms with van der Waals surface area (Å²) in [7, 11) is 0. The van der Waals surface area contributed by atoms with Crippen LogP contribution in [-0.2, 0) is 13.1 Å². The Morgan fingerprint density at radius 2 is 1.78 bits per heavy atom. The molecule has 120 valence electrons. The number of fused-ring (bicyclic) bond motifs is 1. The second kappa shape index (κ2) is 6.55. The van der Waals surface area contributed by atoms with Gasteiger partial charge in [0.15, 0.2) is 0 Å². The number of hydrogen-bond donors (Lipinski definition) is 1. The van der Waals surface area contributed by atoms with E-state index in [0.717, 1.165) is 24.4 Å². The third-order valence-electron chi connectivity index (χ3n) is 4.28. The third-order valence-corrected chi connectivity index (χ3v) is 4.28. The summed E-state index contributed by atoms with van der Waals surface area (Å²) in [5, 5.41) is 3.62. The predicted octanol–water partition coefficient (Wildman–Crippen LogP) is 4.52. The van der Waals surface area contributed by atoms with Crippen molar-refractivity contribution in [1.29, 1.82) is 0 Å². The summed E-state index contributed by atoms with van der Waals surface area (Å²) < 4.78 is 2.30. The highest BCUT2D eigenvalue weighted by atomic mass is 15.1. The molecule has 0 spiro atoms. The number of aromatic nitrogens is 2. The molecule has 1 N–H and O–H groups in total. The van der Waals surface area contributed by atoms with Crippen molar-refractivity contribution in [2.24, 2.45) is 0 Å². The summed E-state index contributed by atoms with van der Waals surface area (Å²) in [5.41, 5.74) is 6.24. The first kappa shape index (κ1) is 15.8. The first-order valence-electron chi connectivity index (χ1n) is 8.34. The highest BCUT2D eigenvalue weighted by Gasteiger charge is 2.15. The lowest BCUT2D eigenvalue weighted by Crippen LogP contribution is -2.21. The number of imidazole rings is 1. The van der Waals surface area contributed by atoms with Crippen molar-refractivity contribution < 1.29 is 0 Å². The maximum atomic E-state index is 4.83. The zero-order valence-corrected chi connectivity index (χ0v) is 14.4. The van der Waals surface area contributed by atoms with Crippen molar-refractivity contribution in [3.05, 3.63) is 65.0 Å². The fourth-order valence-electron chi connectivity index (χ4n) is 3.29. The Labute approximate surface area is 138 Å². The fourth-order valence-corrected chi connectivity index (χ4v) is 3.29. The van der Waals surface area contributed by atoms with Gasteiger partial charge in [-0.2, -0.15) is 0 Å². The van der Waals surface area contributed by atoms with Crippen LogP contribution in [0.25, 0.3) is 11.0 Å². The summed E-state index contributed by atoms with van der Waals surface area (Å²) in [6.07, 6.45) is 0. The van der Waals surface area contributed by atoms with Crippen LogP contribution in [0.15, 0.2) is 42.5 Å². The molecule has 1 unspecified atom stereocenters. The van der Waals surface area contributed by atoms with Crippen LogP contribution in [0, 0.1) is 13.8 Å². The molecule has 3 nitrogen and oxygen atoms in total. The van der Waals surface area contributed by atoms with E-state index in [9.17, 15) is 0 Å². The molecule has 3 rings (SSSR count). The fraction of sp³-hybridized carbons (Fsp3) is 0.350. The molecule has 0 amide bonds. The standard InChI is InChI=1S/C20H25N3/c1-5-23-19-9-7-6-8-18(19)22-20(23)16(4)21-13-17-11-14(2)10-15(3)12-17/h6-12,16,21H,5,13H2,1-4H3. The molecule has 23 heavy (non-hydrogen) atoms. The van der Waals surface area contributed by atoms with Crippen LogP contribution in [-0.4, -0.2) is 9.55 Å². The Morgan fingerprint density at radius 1 is 1.09 bits per heavy atom. The molecule has 0 fully saturated rings. The highest BCUT2D eigenvalue weighted by Crippen LogP contribution is 2.21. The molecule has 0 aliphatic heterocycles. The van der Waals surface area contributed by atoms with Crippen LogP contribution in [0.5, 0.6) is 0 Å². The average molecular weight is 307 g/mol. The minimum Gasteiger partial charge on any atom is -0.327 e. The Balaban J connectivity index is 1.81. The van der Waals surface area contributed by atoms with E-state index in [1.54, 1.807) is 0 Å². The molecule has 0 aliphatic carbocycles. The lowest BCUT2D eigenvalue weighted by molar-refractivity contribution is 0.521. The second-order valence-corrected chi connectivity index (χ2v) is 6.30. The number of rotatable bonds is 5. The van der Waals surface area contributed by atoms with Crippen LogP contribution >= 0.6 is 0 Å². The molecule has 3 aromatic rings. The monoisotopic (exact) mass is 307 g/mol. The molecule has 0 saturated carbocycles. The maximum absolute atomic E-state index is 4.83. The van der Waals surface area contributed by atoms with Crippen LogP contribution < -0.4 is 5.32 Å². The van der Waals surface area contributed by atoms with Crippen molar-refractivity contribution >= 4 is 11.0 Å². The first-order chi connectivity index (χ1) is 11.1. The van der Waals surface area contributed by atoms with Gasteiger partial charge in [0.1, 0.15) is 5.82 Å². The lowest BCUT2D eigenvalue weighted by Gasteiger charge is -2.16. The van der Waals surface area contributed by atoms with Gasteiger partial charge in [0, 0.05) is 13.1 Å². The number of benzene rings is 2. The molecule has 1 atom stereocenters. The van der Waals surface area contributed by atoms with Gasteiger partial charge in [-0.25, -0.2) is 4.98 Å². The summed E-state index contributed by atoms with van der Waals surface area (Å²) >= 11 is 0. The van der Waals surface area contributed by atoms with Crippen molar-refractivity contribution in [2.75, 3.05) is 0 Å². The van der Waals surface area contributed by atoms with Crippen LogP contribution in [0.2, 0.25) is 0 Å².